The lowest BCUT2D eigenvalue weighted by atomic mass is 10.2. The van der Waals surface area contributed by atoms with Gasteiger partial charge >= 0.3 is 5.97 Å². The number of aromatic nitrogens is 1. The van der Waals surface area contributed by atoms with Gasteiger partial charge in [-0.1, -0.05) is 6.92 Å². The first kappa shape index (κ1) is 13.3. The summed E-state index contributed by atoms with van der Waals surface area (Å²) in [6.45, 7) is 2.36. The number of hydrogen-bond donors (Lipinski definition) is 2. The van der Waals surface area contributed by atoms with E-state index in [2.05, 4.69) is 10.3 Å². The van der Waals surface area contributed by atoms with E-state index in [-0.39, 0.29) is 17.4 Å². The molecular weight excluding hydrogens is 268 g/mol. The number of hydrogen-bond acceptors (Lipinski definition) is 5. The summed E-state index contributed by atoms with van der Waals surface area (Å²) in [5.74, 6) is -1.80. The van der Waals surface area contributed by atoms with Crippen LogP contribution in [0.1, 0.15) is 39.0 Å². The molecule has 0 aliphatic heterocycles. The molecule has 0 radical (unpaired) electrons. The second-order valence-corrected chi connectivity index (χ2v) is 4.88. The SMILES string of the molecule is CC(CNC(=O)c1ccc(C(=O)O)o1)c1nccs1. The summed E-state index contributed by atoms with van der Waals surface area (Å²) in [5, 5.41) is 14.2. The Morgan fingerprint density at radius 3 is 2.79 bits per heavy atom. The molecule has 1 amide bonds. The van der Waals surface area contributed by atoms with Gasteiger partial charge in [0, 0.05) is 24.0 Å². The van der Waals surface area contributed by atoms with Gasteiger partial charge in [0.05, 0.1) is 5.01 Å². The highest BCUT2D eigenvalue weighted by atomic mass is 32.1. The van der Waals surface area contributed by atoms with Gasteiger partial charge in [-0.15, -0.1) is 11.3 Å². The Labute approximate surface area is 113 Å². The molecule has 2 aromatic heterocycles. The van der Waals surface area contributed by atoms with Gasteiger partial charge < -0.3 is 14.8 Å². The Bertz CT molecular complexity index is 576. The Morgan fingerprint density at radius 1 is 1.47 bits per heavy atom. The van der Waals surface area contributed by atoms with E-state index >= 15 is 0 Å². The zero-order valence-corrected chi connectivity index (χ0v) is 10.9. The molecule has 0 spiro atoms. The minimum Gasteiger partial charge on any atom is -0.475 e. The van der Waals surface area contributed by atoms with Gasteiger partial charge in [0.2, 0.25) is 5.76 Å². The number of furan rings is 1. The Morgan fingerprint density at radius 2 is 2.21 bits per heavy atom. The molecule has 1 atom stereocenters. The maximum atomic E-state index is 11.7. The third kappa shape index (κ3) is 3.19. The van der Waals surface area contributed by atoms with Crippen molar-refractivity contribution in [2.45, 2.75) is 12.8 Å². The quantitative estimate of drug-likeness (QED) is 0.873. The molecule has 2 heterocycles. The highest BCUT2D eigenvalue weighted by Crippen LogP contribution is 2.16. The van der Waals surface area contributed by atoms with Crippen LogP contribution >= 0.6 is 11.3 Å². The van der Waals surface area contributed by atoms with Crippen molar-refractivity contribution < 1.29 is 19.1 Å². The van der Waals surface area contributed by atoms with Crippen LogP contribution in [0.3, 0.4) is 0 Å². The number of carbonyl (C=O) groups excluding carboxylic acids is 1. The zero-order valence-electron chi connectivity index (χ0n) is 10.1. The van der Waals surface area contributed by atoms with Crippen molar-refractivity contribution in [2.75, 3.05) is 6.54 Å². The molecule has 0 fully saturated rings. The smallest absolute Gasteiger partial charge is 0.371 e. The van der Waals surface area contributed by atoms with Crippen molar-refractivity contribution in [3.05, 3.63) is 40.2 Å². The van der Waals surface area contributed by atoms with Gasteiger partial charge in [-0.3, -0.25) is 4.79 Å². The zero-order chi connectivity index (χ0) is 13.8. The van der Waals surface area contributed by atoms with Crippen LogP contribution in [0.25, 0.3) is 0 Å². The van der Waals surface area contributed by atoms with E-state index in [0.29, 0.717) is 6.54 Å². The van der Waals surface area contributed by atoms with E-state index in [1.807, 2.05) is 12.3 Å². The Kier molecular flexibility index (Phi) is 3.96. The summed E-state index contributed by atoms with van der Waals surface area (Å²) in [6, 6.07) is 2.59. The highest BCUT2D eigenvalue weighted by Gasteiger charge is 2.16. The van der Waals surface area contributed by atoms with Crippen LogP contribution in [0.4, 0.5) is 0 Å². The maximum Gasteiger partial charge on any atom is 0.371 e. The number of carboxylic acid groups (broad SMARTS) is 1. The summed E-state index contributed by atoms with van der Waals surface area (Å²) in [6.07, 6.45) is 1.71. The van der Waals surface area contributed by atoms with Crippen LogP contribution < -0.4 is 5.32 Å². The Hall–Kier alpha value is -2.15. The molecular formula is C12H12N2O4S. The third-order valence-electron chi connectivity index (χ3n) is 2.48. The van der Waals surface area contributed by atoms with Crippen LogP contribution in [0, 0.1) is 0 Å². The standard InChI is InChI=1S/C12H12N2O4S/c1-7(11-13-4-5-19-11)6-14-10(15)8-2-3-9(18-8)12(16)17/h2-5,7H,6H2,1H3,(H,14,15)(H,16,17). The van der Waals surface area contributed by atoms with E-state index in [1.54, 1.807) is 6.20 Å². The van der Waals surface area contributed by atoms with Gasteiger partial charge in [0.15, 0.2) is 5.76 Å². The fourth-order valence-corrected chi connectivity index (χ4v) is 2.17. The number of aromatic carboxylic acids is 1. The van der Waals surface area contributed by atoms with Crippen molar-refractivity contribution in [2.24, 2.45) is 0 Å². The van der Waals surface area contributed by atoms with E-state index in [4.69, 9.17) is 9.52 Å². The molecule has 2 aromatic rings. The fourth-order valence-electron chi connectivity index (χ4n) is 1.47. The van der Waals surface area contributed by atoms with Crippen LogP contribution in [-0.2, 0) is 0 Å². The van der Waals surface area contributed by atoms with Crippen molar-refractivity contribution in [1.29, 1.82) is 0 Å². The minimum atomic E-state index is -1.20. The molecule has 100 valence electrons. The molecule has 7 heteroatoms. The average molecular weight is 280 g/mol. The molecule has 2 rings (SSSR count). The van der Waals surface area contributed by atoms with E-state index in [9.17, 15) is 9.59 Å². The number of nitrogens with zero attached hydrogens (tertiary/aromatic N) is 1. The largest absolute Gasteiger partial charge is 0.475 e. The van der Waals surface area contributed by atoms with Crippen LogP contribution in [0.15, 0.2) is 28.1 Å². The molecule has 6 nitrogen and oxygen atoms in total. The second-order valence-electron chi connectivity index (χ2n) is 3.95. The molecule has 0 bridgehead atoms. The van der Waals surface area contributed by atoms with Gasteiger partial charge in [-0.2, -0.15) is 0 Å². The Balaban J connectivity index is 1.92. The average Bonchev–Trinajstić information content (AvgIpc) is 3.05. The number of carbonyl (C=O) groups is 2. The summed E-state index contributed by atoms with van der Waals surface area (Å²) in [5.41, 5.74) is 0. The first-order valence-corrected chi connectivity index (χ1v) is 6.46. The lowest BCUT2D eigenvalue weighted by Gasteiger charge is -2.08. The molecule has 0 saturated carbocycles. The van der Waals surface area contributed by atoms with Crippen LogP contribution in [-0.4, -0.2) is 28.5 Å². The van der Waals surface area contributed by atoms with E-state index in [0.717, 1.165) is 5.01 Å². The highest BCUT2D eigenvalue weighted by molar-refractivity contribution is 7.09. The third-order valence-corrected chi connectivity index (χ3v) is 3.49. The molecule has 0 aromatic carbocycles. The van der Waals surface area contributed by atoms with Crippen molar-refractivity contribution >= 4 is 23.2 Å². The molecule has 0 saturated heterocycles. The molecule has 1 unspecified atom stereocenters. The lowest BCUT2D eigenvalue weighted by molar-refractivity contribution is 0.0659. The minimum absolute atomic E-state index is 0.0104. The summed E-state index contributed by atoms with van der Waals surface area (Å²) in [4.78, 5) is 26.5. The summed E-state index contributed by atoms with van der Waals surface area (Å²) in [7, 11) is 0. The van der Waals surface area contributed by atoms with Gasteiger partial charge in [-0.25, -0.2) is 9.78 Å². The number of amides is 1. The number of rotatable bonds is 5. The van der Waals surface area contributed by atoms with Crippen LogP contribution in [0.5, 0.6) is 0 Å². The molecule has 0 aliphatic carbocycles. The van der Waals surface area contributed by atoms with Gasteiger partial charge in [-0.05, 0) is 12.1 Å². The first-order chi connectivity index (χ1) is 9.08. The maximum absolute atomic E-state index is 11.7. The predicted molar refractivity (Wildman–Crippen MR) is 68.5 cm³/mol. The number of carboxylic acids is 1. The fraction of sp³-hybridized carbons (Fsp3) is 0.250. The van der Waals surface area contributed by atoms with Crippen molar-refractivity contribution in [3.63, 3.8) is 0 Å². The number of nitrogens with one attached hydrogen (secondary N) is 1. The second kappa shape index (κ2) is 5.66. The molecule has 0 aliphatic rings. The van der Waals surface area contributed by atoms with Gasteiger partial charge in [0.1, 0.15) is 0 Å². The monoisotopic (exact) mass is 280 g/mol. The van der Waals surface area contributed by atoms with E-state index in [1.165, 1.54) is 23.5 Å². The summed E-state index contributed by atoms with van der Waals surface area (Å²) < 4.78 is 4.91. The van der Waals surface area contributed by atoms with Gasteiger partial charge in [0.25, 0.3) is 5.91 Å². The van der Waals surface area contributed by atoms with Crippen molar-refractivity contribution in [1.82, 2.24) is 10.3 Å². The normalized spacial score (nSPS) is 12.1. The molecule has 2 N–H and O–H groups in total. The number of thiazole rings is 1. The first-order valence-electron chi connectivity index (χ1n) is 5.58. The van der Waals surface area contributed by atoms with E-state index < -0.39 is 11.9 Å². The molecule has 19 heavy (non-hydrogen) atoms. The van der Waals surface area contributed by atoms with Crippen LogP contribution in [0.2, 0.25) is 0 Å². The topological polar surface area (TPSA) is 92.4 Å². The predicted octanol–water partition coefficient (Wildman–Crippen LogP) is 1.97. The summed E-state index contributed by atoms with van der Waals surface area (Å²) >= 11 is 1.52. The lowest BCUT2D eigenvalue weighted by Crippen LogP contribution is -2.27. The van der Waals surface area contributed by atoms with Crippen molar-refractivity contribution in [3.8, 4) is 0 Å².